The second-order valence-corrected chi connectivity index (χ2v) is 7.27. The van der Waals surface area contributed by atoms with Gasteiger partial charge >= 0.3 is 0 Å². The fourth-order valence-corrected chi connectivity index (χ4v) is 2.84. The van der Waals surface area contributed by atoms with Crippen LogP contribution in [0.4, 0.5) is 5.69 Å². The number of carbonyl (C=O) groups is 2. The zero-order valence-electron chi connectivity index (χ0n) is 14.7. The van der Waals surface area contributed by atoms with Crippen LogP contribution in [0, 0.1) is 24.2 Å². The Morgan fingerprint density at radius 1 is 1.28 bits per heavy atom. The average Bonchev–Trinajstić information content (AvgIpc) is 3.46. The molecule has 0 unspecified atom stereocenters. The number of aryl methyl sites for hydroxylation is 1. The van der Waals surface area contributed by atoms with Gasteiger partial charge in [0.15, 0.2) is 0 Å². The summed E-state index contributed by atoms with van der Waals surface area (Å²) in [5, 5.41) is 18.2. The Balaban J connectivity index is 1.59. The Labute approximate surface area is 148 Å². The van der Waals surface area contributed by atoms with E-state index in [0.717, 1.165) is 36.9 Å². The van der Waals surface area contributed by atoms with Gasteiger partial charge in [-0.2, -0.15) is 5.26 Å². The van der Waals surface area contributed by atoms with Gasteiger partial charge in [-0.15, -0.1) is 0 Å². The summed E-state index contributed by atoms with van der Waals surface area (Å²) < 4.78 is 0. The number of hydrogen-bond donors (Lipinski definition) is 3. The van der Waals surface area contributed by atoms with Crippen molar-refractivity contribution in [3.8, 4) is 6.07 Å². The average molecular weight is 340 g/mol. The van der Waals surface area contributed by atoms with E-state index < -0.39 is 5.54 Å². The number of nitrogens with zero attached hydrogens (tertiary/aromatic N) is 1. The molecule has 0 heterocycles. The number of carbonyl (C=O) groups excluding carboxylic acids is 2. The highest BCUT2D eigenvalue weighted by Crippen LogP contribution is 2.39. The molecule has 2 saturated carbocycles. The number of hydrogen-bond acceptors (Lipinski definition) is 4. The highest BCUT2D eigenvalue weighted by Gasteiger charge is 2.42. The van der Waals surface area contributed by atoms with Gasteiger partial charge in [-0.05, 0) is 63.1 Å². The second kappa shape index (κ2) is 6.75. The lowest BCUT2D eigenvalue weighted by atomic mass is 9.98. The lowest BCUT2D eigenvalue weighted by molar-refractivity contribution is -0.120. The molecule has 6 nitrogen and oxygen atoms in total. The van der Waals surface area contributed by atoms with Gasteiger partial charge in [0.1, 0.15) is 5.54 Å². The first-order valence-electron chi connectivity index (χ1n) is 8.79. The zero-order chi connectivity index (χ0) is 18.0. The first kappa shape index (κ1) is 17.3. The van der Waals surface area contributed by atoms with E-state index in [1.165, 1.54) is 0 Å². The Bertz CT molecular complexity index is 731. The van der Waals surface area contributed by atoms with Crippen molar-refractivity contribution in [1.29, 1.82) is 5.26 Å². The van der Waals surface area contributed by atoms with Crippen molar-refractivity contribution in [2.45, 2.75) is 51.1 Å². The van der Waals surface area contributed by atoms with E-state index in [-0.39, 0.29) is 24.3 Å². The maximum Gasteiger partial charge on any atom is 0.251 e. The molecule has 3 rings (SSSR count). The van der Waals surface area contributed by atoms with Crippen LogP contribution in [0.2, 0.25) is 0 Å². The third kappa shape index (κ3) is 4.30. The zero-order valence-corrected chi connectivity index (χ0v) is 14.7. The van der Waals surface area contributed by atoms with Gasteiger partial charge in [-0.25, -0.2) is 0 Å². The fourth-order valence-electron chi connectivity index (χ4n) is 2.84. The van der Waals surface area contributed by atoms with Crippen LogP contribution in [-0.4, -0.2) is 29.9 Å². The summed E-state index contributed by atoms with van der Waals surface area (Å²) in [7, 11) is 0. The molecule has 1 atom stereocenters. The van der Waals surface area contributed by atoms with Crippen LogP contribution in [0.3, 0.4) is 0 Å². The third-order valence-electron chi connectivity index (χ3n) is 4.88. The van der Waals surface area contributed by atoms with Gasteiger partial charge in [-0.3, -0.25) is 9.59 Å². The number of anilines is 1. The predicted octanol–water partition coefficient (Wildman–Crippen LogP) is 2.11. The summed E-state index contributed by atoms with van der Waals surface area (Å²) in [5.41, 5.74) is 1.50. The monoisotopic (exact) mass is 340 g/mol. The molecular formula is C19H24N4O2. The van der Waals surface area contributed by atoms with Gasteiger partial charge in [0.05, 0.1) is 12.6 Å². The van der Waals surface area contributed by atoms with E-state index >= 15 is 0 Å². The summed E-state index contributed by atoms with van der Waals surface area (Å²) in [6.07, 6.45) is 4.05. The molecule has 0 aliphatic heterocycles. The normalized spacial score (nSPS) is 18.6. The molecule has 0 aromatic heterocycles. The lowest BCUT2D eigenvalue weighted by Gasteiger charge is -2.23. The summed E-state index contributed by atoms with van der Waals surface area (Å²) in [6, 6.07) is 7.95. The van der Waals surface area contributed by atoms with E-state index in [1.807, 2.05) is 13.0 Å². The summed E-state index contributed by atoms with van der Waals surface area (Å²) in [5.74, 6) is -0.0541. The first-order valence-corrected chi connectivity index (χ1v) is 8.79. The molecule has 0 spiro atoms. The molecule has 25 heavy (non-hydrogen) atoms. The highest BCUT2D eigenvalue weighted by atomic mass is 16.2. The van der Waals surface area contributed by atoms with Crippen molar-refractivity contribution in [2.24, 2.45) is 5.92 Å². The number of benzene rings is 1. The summed E-state index contributed by atoms with van der Waals surface area (Å²) in [6.45, 7) is 3.77. The quantitative estimate of drug-likeness (QED) is 0.708. The van der Waals surface area contributed by atoms with E-state index in [9.17, 15) is 14.9 Å². The van der Waals surface area contributed by atoms with Gasteiger partial charge in [0.2, 0.25) is 5.91 Å². The van der Waals surface area contributed by atoms with Crippen LogP contribution in [0.25, 0.3) is 0 Å². The first-order chi connectivity index (χ1) is 11.9. The molecule has 2 fully saturated rings. The molecule has 3 N–H and O–H groups in total. The minimum atomic E-state index is -0.792. The van der Waals surface area contributed by atoms with Crippen LogP contribution < -0.4 is 16.0 Å². The fraction of sp³-hybridized carbons (Fsp3) is 0.526. The number of amides is 2. The molecule has 132 valence electrons. The molecule has 2 amide bonds. The van der Waals surface area contributed by atoms with E-state index in [2.05, 4.69) is 22.0 Å². The van der Waals surface area contributed by atoms with Crippen molar-refractivity contribution in [3.05, 3.63) is 29.3 Å². The van der Waals surface area contributed by atoms with E-state index in [1.54, 1.807) is 19.1 Å². The summed E-state index contributed by atoms with van der Waals surface area (Å²) in [4.78, 5) is 24.4. The van der Waals surface area contributed by atoms with Crippen LogP contribution >= 0.6 is 0 Å². The van der Waals surface area contributed by atoms with Gasteiger partial charge in [-0.1, -0.05) is 6.07 Å². The van der Waals surface area contributed by atoms with Crippen molar-refractivity contribution >= 4 is 17.5 Å². The Kier molecular flexibility index (Phi) is 4.67. The molecule has 0 saturated heterocycles. The minimum absolute atomic E-state index is 0.0680. The van der Waals surface area contributed by atoms with Crippen molar-refractivity contribution in [3.63, 3.8) is 0 Å². The maximum atomic E-state index is 12.2. The Morgan fingerprint density at radius 3 is 2.60 bits per heavy atom. The number of nitriles is 1. The SMILES string of the molecule is Cc1ccc(C(=O)NC2CC2)cc1NCC(=O)N[C@](C)(C#N)C1CC1. The smallest absolute Gasteiger partial charge is 0.251 e. The van der Waals surface area contributed by atoms with Crippen LogP contribution in [0.5, 0.6) is 0 Å². The Morgan fingerprint density at radius 2 is 2.00 bits per heavy atom. The van der Waals surface area contributed by atoms with Crippen molar-refractivity contribution in [2.75, 3.05) is 11.9 Å². The standard InChI is InChI=1S/C19H24N4O2/c1-12-3-4-13(18(25)22-15-7-8-15)9-16(12)21-10-17(24)23-19(2,11-20)14-5-6-14/h3-4,9,14-15,21H,5-8,10H2,1-2H3,(H,22,25)(H,23,24)/t19-/m1/s1. The van der Waals surface area contributed by atoms with Crippen LogP contribution in [-0.2, 0) is 4.79 Å². The molecule has 0 radical (unpaired) electrons. The van der Waals surface area contributed by atoms with Crippen molar-refractivity contribution < 1.29 is 9.59 Å². The maximum absolute atomic E-state index is 12.2. The molecule has 1 aromatic carbocycles. The number of rotatable bonds is 7. The third-order valence-corrected chi connectivity index (χ3v) is 4.88. The highest BCUT2D eigenvalue weighted by molar-refractivity contribution is 5.96. The molecule has 6 heteroatoms. The van der Waals surface area contributed by atoms with Crippen molar-refractivity contribution in [1.82, 2.24) is 10.6 Å². The molecule has 2 aliphatic carbocycles. The minimum Gasteiger partial charge on any atom is -0.376 e. The van der Waals surface area contributed by atoms with Gasteiger partial charge in [0, 0.05) is 17.3 Å². The predicted molar refractivity (Wildman–Crippen MR) is 95.0 cm³/mol. The van der Waals surface area contributed by atoms with Crippen LogP contribution in [0.15, 0.2) is 18.2 Å². The number of nitrogens with one attached hydrogen (secondary N) is 3. The molecule has 0 bridgehead atoms. The molecule has 1 aromatic rings. The van der Waals surface area contributed by atoms with Crippen LogP contribution in [0.1, 0.15) is 48.5 Å². The Hall–Kier alpha value is -2.55. The summed E-state index contributed by atoms with van der Waals surface area (Å²) >= 11 is 0. The van der Waals surface area contributed by atoms with Gasteiger partial charge in [0.25, 0.3) is 5.91 Å². The van der Waals surface area contributed by atoms with Gasteiger partial charge < -0.3 is 16.0 Å². The molecular weight excluding hydrogens is 316 g/mol. The largest absolute Gasteiger partial charge is 0.376 e. The van der Waals surface area contributed by atoms with E-state index in [0.29, 0.717) is 11.6 Å². The lowest BCUT2D eigenvalue weighted by Crippen LogP contribution is -2.48. The van der Waals surface area contributed by atoms with E-state index in [4.69, 9.17) is 0 Å². The topological polar surface area (TPSA) is 94.0 Å². The second-order valence-electron chi connectivity index (χ2n) is 7.27. The molecule has 2 aliphatic rings.